The van der Waals surface area contributed by atoms with Crippen LogP contribution < -0.4 is 10.5 Å². The van der Waals surface area contributed by atoms with Gasteiger partial charge in [0.25, 0.3) is 0 Å². The molecule has 1 aromatic carbocycles. The van der Waals surface area contributed by atoms with Gasteiger partial charge in [0.2, 0.25) is 0 Å². The van der Waals surface area contributed by atoms with Crippen LogP contribution in [0.4, 0.5) is 5.69 Å². The third-order valence-corrected chi connectivity index (χ3v) is 5.45. The second-order valence-electron chi connectivity index (χ2n) is 5.70. The molecule has 2 atom stereocenters. The van der Waals surface area contributed by atoms with Crippen molar-refractivity contribution in [2.45, 2.75) is 41.9 Å². The van der Waals surface area contributed by atoms with Gasteiger partial charge in [0, 0.05) is 35.5 Å². The number of thioether (sulfide) groups is 1. The maximum atomic E-state index is 6.12. The van der Waals surface area contributed by atoms with E-state index < -0.39 is 0 Å². The van der Waals surface area contributed by atoms with E-state index in [1.807, 2.05) is 30.8 Å². The Morgan fingerprint density at radius 2 is 2.33 bits per heavy atom. The van der Waals surface area contributed by atoms with Gasteiger partial charge >= 0.3 is 0 Å². The zero-order valence-corrected chi connectivity index (χ0v) is 13.3. The van der Waals surface area contributed by atoms with E-state index in [2.05, 4.69) is 6.07 Å². The summed E-state index contributed by atoms with van der Waals surface area (Å²) in [5, 5.41) is 0.527. The van der Waals surface area contributed by atoms with Gasteiger partial charge in [0.1, 0.15) is 5.75 Å². The zero-order chi connectivity index (χ0) is 14.7. The average Bonchev–Trinajstić information content (AvgIpc) is 2.91. The summed E-state index contributed by atoms with van der Waals surface area (Å²) in [5.74, 6) is 0.889. The first-order valence-electron chi connectivity index (χ1n) is 7.61. The van der Waals surface area contributed by atoms with Gasteiger partial charge in [-0.25, -0.2) is 0 Å². The number of benzene rings is 1. The molecule has 0 saturated carbocycles. The Labute approximate surface area is 130 Å². The Morgan fingerprint density at radius 1 is 1.43 bits per heavy atom. The molecule has 2 heterocycles. The maximum absolute atomic E-state index is 6.12. The van der Waals surface area contributed by atoms with Crippen molar-refractivity contribution in [3.05, 3.63) is 18.2 Å². The van der Waals surface area contributed by atoms with Crippen molar-refractivity contribution in [2.75, 3.05) is 32.2 Å². The lowest BCUT2D eigenvalue weighted by Gasteiger charge is -2.36. The van der Waals surface area contributed by atoms with Crippen LogP contribution in [0.25, 0.3) is 0 Å². The van der Waals surface area contributed by atoms with Gasteiger partial charge in [-0.05, 0) is 38.0 Å². The molecule has 0 radical (unpaired) electrons. The lowest BCUT2D eigenvalue weighted by atomic mass is 9.93. The lowest BCUT2D eigenvalue weighted by molar-refractivity contribution is -0.0769. The molecule has 1 aromatic rings. The molecule has 2 N–H and O–H groups in total. The molecule has 2 aliphatic rings. The molecule has 2 aliphatic heterocycles. The smallest absolute Gasteiger partial charge is 0.120 e. The first kappa shape index (κ1) is 15.0. The van der Waals surface area contributed by atoms with Crippen LogP contribution >= 0.6 is 11.8 Å². The second-order valence-corrected chi connectivity index (χ2v) is 7.04. The Morgan fingerprint density at radius 3 is 3.10 bits per heavy atom. The summed E-state index contributed by atoms with van der Waals surface area (Å²) >= 11 is 1.85. The predicted molar refractivity (Wildman–Crippen MR) is 85.0 cm³/mol. The van der Waals surface area contributed by atoms with Gasteiger partial charge in [-0.2, -0.15) is 0 Å². The van der Waals surface area contributed by atoms with Crippen LogP contribution in [-0.4, -0.2) is 37.3 Å². The van der Waals surface area contributed by atoms with E-state index in [-0.39, 0.29) is 5.60 Å². The van der Waals surface area contributed by atoms with E-state index in [0.717, 1.165) is 55.4 Å². The van der Waals surface area contributed by atoms with Crippen molar-refractivity contribution in [2.24, 2.45) is 0 Å². The van der Waals surface area contributed by atoms with E-state index in [4.69, 9.17) is 19.9 Å². The minimum absolute atomic E-state index is 0.0534. The molecule has 2 unspecified atom stereocenters. The van der Waals surface area contributed by atoms with Crippen LogP contribution in [0.1, 0.15) is 26.2 Å². The summed E-state index contributed by atoms with van der Waals surface area (Å²) < 4.78 is 17.1. The molecule has 2 fully saturated rings. The van der Waals surface area contributed by atoms with Gasteiger partial charge in [-0.3, -0.25) is 0 Å². The first-order valence-corrected chi connectivity index (χ1v) is 8.49. The molecule has 2 saturated heterocycles. The summed E-state index contributed by atoms with van der Waals surface area (Å²) in [6.07, 6.45) is 3.11. The third-order valence-electron chi connectivity index (χ3n) is 4.10. The van der Waals surface area contributed by atoms with Crippen LogP contribution in [0.15, 0.2) is 23.1 Å². The topological polar surface area (TPSA) is 53.7 Å². The largest absolute Gasteiger partial charge is 0.494 e. The normalized spacial score (nSPS) is 28.9. The minimum Gasteiger partial charge on any atom is -0.494 e. The van der Waals surface area contributed by atoms with Crippen molar-refractivity contribution in [1.29, 1.82) is 0 Å². The van der Waals surface area contributed by atoms with E-state index in [0.29, 0.717) is 11.9 Å². The molecular formula is C16H23NO3S. The molecule has 0 aromatic heterocycles. The summed E-state index contributed by atoms with van der Waals surface area (Å²) in [6.45, 7) is 5.03. The zero-order valence-electron chi connectivity index (χ0n) is 12.5. The highest BCUT2D eigenvalue weighted by Crippen LogP contribution is 2.42. The molecular weight excluding hydrogens is 286 g/mol. The van der Waals surface area contributed by atoms with Crippen LogP contribution in [0, 0.1) is 0 Å². The molecule has 4 nitrogen and oxygen atoms in total. The fourth-order valence-electron chi connectivity index (χ4n) is 3.00. The quantitative estimate of drug-likeness (QED) is 0.866. The lowest BCUT2D eigenvalue weighted by Crippen LogP contribution is -2.41. The molecule has 0 amide bonds. The predicted octanol–water partition coefficient (Wildman–Crippen LogP) is 3.10. The highest BCUT2D eigenvalue weighted by molar-refractivity contribution is 8.00. The number of nitrogen functional groups attached to an aromatic ring is 1. The fourth-order valence-corrected chi connectivity index (χ4v) is 4.35. The highest BCUT2D eigenvalue weighted by Gasteiger charge is 2.41. The summed E-state index contributed by atoms with van der Waals surface area (Å²) in [6, 6.07) is 5.91. The van der Waals surface area contributed by atoms with E-state index >= 15 is 0 Å². The molecule has 21 heavy (non-hydrogen) atoms. The highest BCUT2D eigenvalue weighted by atomic mass is 32.2. The number of hydrogen-bond donors (Lipinski definition) is 1. The molecule has 5 heteroatoms. The molecule has 1 spiro atoms. The summed E-state index contributed by atoms with van der Waals surface area (Å²) in [5.41, 5.74) is 6.89. The number of rotatable bonds is 4. The number of hydrogen-bond acceptors (Lipinski definition) is 5. The molecule has 0 bridgehead atoms. The number of anilines is 1. The Balaban J connectivity index is 1.69. The minimum atomic E-state index is -0.0534. The van der Waals surface area contributed by atoms with Crippen LogP contribution in [-0.2, 0) is 9.47 Å². The van der Waals surface area contributed by atoms with E-state index in [1.165, 1.54) is 0 Å². The summed E-state index contributed by atoms with van der Waals surface area (Å²) in [7, 11) is 0. The Hall–Kier alpha value is -0.910. The van der Waals surface area contributed by atoms with Crippen molar-refractivity contribution in [1.82, 2.24) is 0 Å². The van der Waals surface area contributed by atoms with Crippen molar-refractivity contribution >= 4 is 17.4 Å². The average molecular weight is 309 g/mol. The Kier molecular flexibility index (Phi) is 4.62. The van der Waals surface area contributed by atoms with Gasteiger partial charge in [0.15, 0.2) is 0 Å². The van der Waals surface area contributed by atoms with Crippen molar-refractivity contribution in [3.8, 4) is 5.75 Å². The van der Waals surface area contributed by atoms with Gasteiger partial charge in [-0.1, -0.05) is 0 Å². The van der Waals surface area contributed by atoms with E-state index in [1.54, 1.807) is 0 Å². The van der Waals surface area contributed by atoms with Crippen molar-refractivity contribution < 1.29 is 14.2 Å². The first-order chi connectivity index (χ1) is 10.2. The SMILES string of the molecule is CCOc1ccc(N)c(SC2CCOC3(CCOC3)C2)c1. The van der Waals surface area contributed by atoms with Gasteiger partial charge in [0.05, 0.1) is 18.8 Å². The molecule has 0 aliphatic carbocycles. The third kappa shape index (κ3) is 3.47. The summed E-state index contributed by atoms with van der Waals surface area (Å²) in [4.78, 5) is 1.11. The van der Waals surface area contributed by atoms with Gasteiger partial charge < -0.3 is 19.9 Å². The van der Waals surface area contributed by atoms with Crippen LogP contribution in [0.2, 0.25) is 0 Å². The second kappa shape index (κ2) is 6.46. The maximum Gasteiger partial charge on any atom is 0.120 e. The standard InChI is InChI=1S/C16H23NO3S/c1-2-19-12-3-4-14(17)15(9-12)21-13-5-7-20-16(10-13)6-8-18-11-16/h3-4,9,13H,2,5-8,10-11,17H2,1H3. The molecule has 116 valence electrons. The Bertz CT molecular complexity index is 488. The van der Waals surface area contributed by atoms with Crippen LogP contribution in [0.3, 0.4) is 0 Å². The van der Waals surface area contributed by atoms with Crippen molar-refractivity contribution in [3.63, 3.8) is 0 Å². The number of nitrogens with two attached hydrogens (primary N) is 1. The van der Waals surface area contributed by atoms with Gasteiger partial charge in [-0.15, -0.1) is 11.8 Å². The molecule has 3 rings (SSSR count). The number of ether oxygens (including phenoxy) is 3. The van der Waals surface area contributed by atoms with Crippen LogP contribution in [0.5, 0.6) is 5.75 Å². The fraction of sp³-hybridized carbons (Fsp3) is 0.625. The monoisotopic (exact) mass is 309 g/mol. The van der Waals surface area contributed by atoms with E-state index in [9.17, 15) is 0 Å².